The van der Waals surface area contributed by atoms with Gasteiger partial charge in [-0.1, -0.05) is 108 Å². The van der Waals surface area contributed by atoms with Crippen LogP contribution in [0, 0.1) is 0 Å². The van der Waals surface area contributed by atoms with Gasteiger partial charge >= 0.3 is 0 Å². The first-order chi connectivity index (χ1) is 21.9. The summed E-state index contributed by atoms with van der Waals surface area (Å²) in [5.41, 5.74) is 5.35. The van der Waals surface area contributed by atoms with Gasteiger partial charge in [-0.25, -0.2) is 0 Å². The zero-order valence-corrected chi connectivity index (χ0v) is 26.0. The zero-order valence-electron chi connectivity index (χ0n) is 24.5. The molecule has 1 saturated heterocycles. The lowest BCUT2D eigenvalue weighted by molar-refractivity contribution is -0.132. The quantitative estimate of drug-likeness (QED) is 0.182. The van der Waals surface area contributed by atoms with E-state index in [0.29, 0.717) is 36.8 Å². The van der Waals surface area contributed by atoms with E-state index in [-0.39, 0.29) is 29.9 Å². The number of hydrogen-bond donors (Lipinski definition) is 0. The van der Waals surface area contributed by atoms with Crippen LogP contribution in [0.25, 0.3) is 22.4 Å². The van der Waals surface area contributed by atoms with Crippen molar-refractivity contribution < 1.29 is 9.59 Å². The number of benzene rings is 4. The van der Waals surface area contributed by atoms with Crippen molar-refractivity contribution in [1.82, 2.24) is 20.0 Å². The van der Waals surface area contributed by atoms with Crippen LogP contribution in [0.5, 0.6) is 0 Å². The average Bonchev–Trinajstić information content (AvgIpc) is 3.09. The largest absolute Gasteiger partial charge is 0.352 e. The summed E-state index contributed by atoms with van der Waals surface area (Å²) in [6.07, 6.45) is 0. The number of piperazine rings is 1. The molecule has 1 aromatic heterocycles. The predicted molar refractivity (Wildman–Crippen MR) is 179 cm³/mol. The highest BCUT2D eigenvalue weighted by molar-refractivity contribution is 6.36. The number of nitrogens with zero attached hydrogens (tertiary/aromatic N) is 5. The smallest absolute Gasteiger partial charge is 0.256 e. The Hall–Kier alpha value is -4.72. The van der Waals surface area contributed by atoms with Crippen molar-refractivity contribution in [2.24, 2.45) is 0 Å². The fourth-order valence-electron chi connectivity index (χ4n) is 5.40. The number of anilines is 1. The van der Waals surface area contributed by atoms with E-state index in [9.17, 15) is 9.59 Å². The molecule has 0 spiro atoms. The van der Waals surface area contributed by atoms with Crippen LogP contribution in [-0.4, -0.2) is 64.5 Å². The summed E-state index contributed by atoms with van der Waals surface area (Å²) in [6.45, 7) is 2.46. The van der Waals surface area contributed by atoms with Gasteiger partial charge in [0.05, 0.1) is 16.3 Å². The monoisotopic (exact) mass is 635 g/mol. The number of carbonyl (C=O) groups is 2. The van der Waals surface area contributed by atoms with Gasteiger partial charge in [-0.3, -0.25) is 9.59 Å². The highest BCUT2D eigenvalue weighted by atomic mass is 35.5. The predicted octanol–water partition coefficient (Wildman–Crippen LogP) is 7.11. The molecule has 4 aromatic carbocycles. The van der Waals surface area contributed by atoms with E-state index in [2.05, 4.69) is 51.5 Å². The summed E-state index contributed by atoms with van der Waals surface area (Å²) >= 11 is 12.4. The molecule has 0 N–H and O–H groups in total. The van der Waals surface area contributed by atoms with E-state index < -0.39 is 0 Å². The fourth-order valence-corrected chi connectivity index (χ4v) is 5.89. The average molecular weight is 637 g/mol. The summed E-state index contributed by atoms with van der Waals surface area (Å²) in [7, 11) is 0. The highest BCUT2D eigenvalue weighted by Gasteiger charge is 2.27. The molecule has 0 atom stereocenters. The first kappa shape index (κ1) is 30.3. The molecule has 2 heterocycles. The zero-order chi connectivity index (χ0) is 31.2. The van der Waals surface area contributed by atoms with E-state index in [1.807, 2.05) is 60.7 Å². The molecule has 2 amide bonds. The van der Waals surface area contributed by atoms with Gasteiger partial charge in [0.25, 0.3) is 5.91 Å². The first-order valence-corrected chi connectivity index (χ1v) is 15.5. The molecule has 1 aliphatic heterocycles. The Labute approximate surface area is 272 Å². The molecule has 7 nitrogen and oxygen atoms in total. The van der Waals surface area contributed by atoms with E-state index >= 15 is 0 Å². The minimum atomic E-state index is -0.322. The van der Waals surface area contributed by atoms with Crippen molar-refractivity contribution in [3.63, 3.8) is 0 Å². The molecule has 5 aromatic rings. The topological polar surface area (TPSA) is 69.6 Å². The minimum absolute atomic E-state index is 0.0652. The number of rotatable bonds is 8. The molecule has 0 bridgehead atoms. The summed E-state index contributed by atoms with van der Waals surface area (Å²) in [5, 5.41) is 9.67. The van der Waals surface area contributed by atoms with Gasteiger partial charge in [0, 0.05) is 43.3 Å². The van der Waals surface area contributed by atoms with Gasteiger partial charge in [-0.2, -0.15) is 0 Å². The molecular weight excluding hydrogens is 605 g/mol. The van der Waals surface area contributed by atoms with Gasteiger partial charge in [0.1, 0.15) is 6.54 Å². The summed E-state index contributed by atoms with van der Waals surface area (Å²) in [4.78, 5) is 32.5. The third-order valence-corrected chi connectivity index (χ3v) is 8.43. The van der Waals surface area contributed by atoms with Crippen LogP contribution in [-0.2, 0) is 11.3 Å². The molecular formula is C36H31Cl2N5O2. The lowest BCUT2D eigenvalue weighted by Crippen LogP contribution is -2.52. The highest BCUT2D eigenvalue weighted by Crippen LogP contribution is 2.26. The molecule has 0 unspecified atom stereocenters. The van der Waals surface area contributed by atoms with Crippen LogP contribution < -0.4 is 4.90 Å². The maximum absolute atomic E-state index is 13.6. The van der Waals surface area contributed by atoms with Gasteiger partial charge in [0.2, 0.25) is 5.91 Å². The molecule has 226 valence electrons. The van der Waals surface area contributed by atoms with Crippen LogP contribution in [0.3, 0.4) is 0 Å². The van der Waals surface area contributed by atoms with Crippen molar-refractivity contribution in [3.05, 3.63) is 136 Å². The first-order valence-electron chi connectivity index (χ1n) is 14.8. The Kier molecular flexibility index (Phi) is 9.38. The van der Waals surface area contributed by atoms with Crippen molar-refractivity contribution in [2.45, 2.75) is 6.54 Å². The summed E-state index contributed by atoms with van der Waals surface area (Å²) in [5.74, 6) is 0.326. The molecule has 0 saturated carbocycles. The second kappa shape index (κ2) is 13.9. The maximum atomic E-state index is 13.6. The number of amides is 2. The standard InChI is InChI=1S/C36H31Cl2N5O2/c37-30-15-16-31(32(38)23-30)36(45)43(24-26-7-3-1-4-8-26)25-35(44)42-21-19-41(20-22-42)34-18-17-33(39-40-34)29-13-11-28(12-14-29)27-9-5-2-6-10-27/h1-18,23H,19-22,24-25H2. The Morgan fingerprint density at radius 2 is 1.33 bits per heavy atom. The molecule has 45 heavy (non-hydrogen) atoms. The second-order valence-corrected chi connectivity index (χ2v) is 11.7. The van der Waals surface area contributed by atoms with E-state index in [1.54, 1.807) is 17.0 Å². The van der Waals surface area contributed by atoms with Crippen LogP contribution in [0.1, 0.15) is 15.9 Å². The van der Waals surface area contributed by atoms with Crippen LogP contribution in [0.15, 0.2) is 115 Å². The van der Waals surface area contributed by atoms with Gasteiger partial charge < -0.3 is 14.7 Å². The number of aromatic nitrogens is 2. The van der Waals surface area contributed by atoms with Crippen LogP contribution in [0.4, 0.5) is 5.82 Å². The lowest BCUT2D eigenvalue weighted by atomic mass is 10.0. The normalized spacial score (nSPS) is 13.0. The van der Waals surface area contributed by atoms with E-state index in [0.717, 1.165) is 28.2 Å². The lowest BCUT2D eigenvalue weighted by Gasteiger charge is -2.36. The van der Waals surface area contributed by atoms with E-state index in [4.69, 9.17) is 23.2 Å². The van der Waals surface area contributed by atoms with Crippen molar-refractivity contribution in [1.29, 1.82) is 0 Å². The molecule has 1 aliphatic rings. The second-order valence-electron chi connectivity index (χ2n) is 10.9. The van der Waals surface area contributed by atoms with Crippen LogP contribution >= 0.6 is 23.2 Å². The number of hydrogen-bond acceptors (Lipinski definition) is 5. The summed E-state index contributed by atoms with van der Waals surface area (Å²) in [6, 6.07) is 36.9. The number of halogens is 2. The van der Waals surface area contributed by atoms with E-state index in [1.165, 1.54) is 16.5 Å². The third-order valence-electron chi connectivity index (χ3n) is 7.89. The Balaban J connectivity index is 1.08. The maximum Gasteiger partial charge on any atom is 0.256 e. The van der Waals surface area contributed by atoms with Crippen molar-refractivity contribution in [2.75, 3.05) is 37.6 Å². The fraction of sp³-hybridized carbons (Fsp3) is 0.167. The molecule has 1 fully saturated rings. The SMILES string of the molecule is O=C(CN(Cc1ccccc1)C(=O)c1ccc(Cl)cc1Cl)N1CCN(c2ccc(-c3ccc(-c4ccccc4)cc3)nn2)CC1. The molecule has 6 rings (SSSR count). The van der Waals surface area contributed by atoms with Crippen molar-refractivity contribution in [3.8, 4) is 22.4 Å². The Morgan fingerprint density at radius 3 is 1.98 bits per heavy atom. The van der Waals surface area contributed by atoms with Crippen LogP contribution in [0.2, 0.25) is 10.0 Å². The third kappa shape index (κ3) is 7.33. The Bertz CT molecular complexity index is 1760. The molecule has 0 radical (unpaired) electrons. The van der Waals surface area contributed by atoms with Gasteiger partial charge in [-0.15, -0.1) is 10.2 Å². The van der Waals surface area contributed by atoms with Crippen molar-refractivity contribution >= 4 is 40.8 Å². The van der Waals surface area contributed by atoms with Gasteiger partial charge in [0.15, 0.2) is 5.82 Å². The molecule has 9 heteroatoms. The minimum Gasteiger partial charge on any atom is -0.352 e. The molecule has 0 aliphatic carbocycles. The number of carbonyl (C=O) groups excluding carboxylic acids is 2. The Morgan fingerprint density at radius 1 is 0.689 bits per heavy atom. The van der Waals surface area contributed by atoms with Gasteiger partial charge in [-0.05, 0) is 47.0 Å². The summed E-state index contributed by atoms with van der Waals surface area (Å²) < 4.78 is 0.